The third-order valence-corrected chi connectivity index (χ3v) is 16.7. The first-order chi connectivity index (χ1) is 41.6. The monoisotopic (exact) mass is 1160 g/mol. The molecule has 0 aliphatic carbocycles. The summed E-state index contributed by atoms with van der Waals surface area (Å²) in [7, 11) is 0. The number of anilines is 12. The summed E-state index contributed by atoms with van der Waals surface area (Å²) in [6.45, 7) is 27.4. The minimum Gasteiger partial charge on any atom is -0.310 e. The van der Waals surface area contributed by atoms with Crippen LogP contribution in [0.4, 0.5) is 68.2 Å². The van der Waals surface area contributed by atoms with Gasteiger partial charge in [-0.1, -0.05) is 240 Å². The molecule has 0 radical (unpaired) electrons. The third-order valence-electron chi connectivity index (χ3n) is 16.5. The van der Waals surface area contributed by atoms with Gasteiger partial charge < -0.3 is 19.6 Å². The van der Waals surface area contributed by atoms with Crippen molar-refractivity contribution in [1.29, 1.82) is 0 Å². The van der Waals surface area contributed by atoms with Gasteiger partial charge in [-0.3, -0.25) is 0 Å². The summed E-state index contributed by atoms with van der Waals surface area (Å²) >= 11 is 7.77. The highest BCUT2D eigenvalue weighted by atomic mass is 35.5. The van der Waals surface area contributed by atoms with Gasteiger partial charge in [0, 0.05) is 73.0 Å². The van der Waals surface area contributed by atoms with Crippen LogP contribution in [0.3, 0.4) is 0 Å². The van der Waals surface area contributed by atoms with Crippen LogP contribution in [0, 0.1) is 0 Å². The molecule has 0 spiro atoms. The van der Waals surface area contributed by atoms with E-state index in [4.69, 9.17) is 11.6 Å². The Balaban J connectivity index is 1.18. The van der Waals surface area contributed by atoms with E-state index in [1.54, 1.807) is 0 Å². The van der Waals surface area contributed by atoms with Crippen molar-refractivity contribution in [3.8, 4) is 22.3 Å². The van der Waals surface area contributed by atoms with E-state index >= 15 is 0 Å². The maximum absolute atomic E-state index is 7.77. The number of hydrogen-bond donors (Lipinski definition) is 0. The first-order valence-corrected chi connectivity index (χ1v) is 30.9. The van der Waals surface area contributed by atoms with Gasteiger partial charge in [0.2, 0.25) is 0 Å². The van der Waals surface area contributed by atoms with Crippen LogP contribution in [0.25, 0.3) is 22.3 Å². The zero-order valence-corrected chi connectivity index (χ0v) is 53.4. The minimum atomic E-state index is -0.119. The van der Waals surface area contributed by atoms with E-state index in [1.165, 1.54) is 22.3 Å². The molecule has 0 aromatic heterocycles. The maximum Gasteiger partial charge on any atom is 0.0540 e. The van der Waals surface area contributed by atoms with E-state index in [0.29, 0.717) is 5.02 Å². The number of nitrogens with zero attached hydrogens (tertiary/aromatic N) is 4. The molecule has 0 heterocycles. The van der Waals surface area contributed by atoms with Gasteiger partial charge in [0.05, 0.1) is 11.4 Å². The van der Waals surface area contributed by atoms with Gasteiger partial charge in [0.25, 0.3) is 0 Å². The number of halogens is 1. The molecule has 5 heteroatoms. The van der Waals surface area contributed by atoms with Crippen LogP contribution >= 0.6 is 11.6 Å². The Morgan fingerprint density at radius 1 is 0.218 bits per heavy atom. The topological polar surface area (TPSA) is 13.0 Å². The molecule has 0 saturated carbocycles. The molecule has 0 saturated heterocycles. The molecule has 0 amide bonds. The lowest BCUT2D eigenvalue weighted by atomic mass is 9.84. The van der Waals surface area contributed by atoms with Gasteiger partial charge in [0.1, 0.15) is 0 Å². The molecule has 4 nitrogen and oxygen atoms in total. The Hall–Kier alpha value is -9.09. The van der Waals surface area contributed by atoms with Crippen molar-refractivity contribution >= 4 is 79.8 Å². The van der Waals surface area contributed by atoms with E-state index in [-0.39, 0.29) is 21.7 Å². The standard InChI is InChI=1S/C82H81ClN4/c1-79(2,3)60-39-45-67(46-40-60)85(68-47-41-61(42-48-68)80(4,5)6)70-36-26-38-72(56-70)87(78-50-44-63(82(10,11)12)52-76(78)59-29-19-14-20-30-59)74-54-64(83)53-73(57-74)86(77-49-43-62(81(7,8)9)51-75(77)58-27-17-13-18-28-58)71-37-25-35-69(55-71)84(65-31-21-15-22-32-65)66-33-23-16-24-34-66/h13-57H,1-12H3. The van der Waals surface area contributed by atoms with Crippen LogP contribution in [0.1, 0.15) is 105 Å². The number of rotatable bonds is 14. The average molecular weight is 1160 g/mol. The van der Waals surface area contributed by atoms with E-state index in [2.05, 4.69) is 376 Å². The summed E-state index contributed by atoms with van der Waals surface area (Å²) in [5.74, 6) is 0. The van der Waals surface area contributed by atoms with E-state index < -0.39 is 0 Å². The second-order valence-corrected chi connectivity index (χ2v) is 27.4. The van der Waals surface area contributed by atoms with Gasteiger partial charge in [0.15, 0.2) is 0 Å². The van der Waals surface area contributed by atoms with Gasteiger partial charge in [-0.05, 0) is 182 Å². The summed E-state index contributed by atoms with van der Waals surface area (Å²) in [5, 5.41) is 0.597. The normalized spacial score (nSPS) is 12.0. The van der Waals surface area contributed by atoms with Gasteiger partial charge >= 0.3 is 0 Å². The zero-order chi connectivity index (χ0) is 61.3. The second-order valence-electron chi connectivity index (χ2n) is 27.0. The van der Waals surface area contributed by atoms with Gasteiger partial charge in [-0.2, -0.15) is 0 Å². The van der Waals surface area contributed by atoms with Gasteiger partial charge in [-0.25, -0.2) is 0 Å². The molecule has 11 rings (SSSR count). The molecule has 11 aromatic rings. The molecule has 11 aromatic carbocycles. The zero-order valence-electron chi connectivity index (χ0n) is 52.6. The SMILES string of the molecule is CC(C)(C)c1ccc(N(c2ccc(C(C)(C)C)cc2)c2cccc(N(c3cc(Cl)cc(N(c4cccc(N(c5ccccc5)c5ccccc5)c4)c4ccc(C(C)(C)C)cc4-c4ccccc4)c3)c3ccc(C(C)(C)C)cc3-c3ccccc3)c2)cc1. The lowest BCUT2D eigenvalue weighted by Gasteiger charge is -2.34. The predicted octanol–water partition coefficient (Wildman–Crippen LogP) is 24.7. The average Bonchev–Trinajstić information content (AvgIpc) is 2.35. The number of benzene rings is 11. The molecular formula is C82H81ClN4. The van der Waals surface area contributed by atoms with Crippen molar-refractivity contribution in [3.05, 3.63) is 300 Å². The molecule has 0 fully saturated rings. The van der Waals surface area contributed by atoms with Crippen LogP contribution in [0.15, 0.2) is 273 Å². The fourth-order valence-corrected chi connectivity index (χ4v) is 11.8. The Morgan fingerprint density at radius 3 is 0.805 bits per heavy atom. The van der Waals surface area contributed by atoms with Crippen molar-refractivity contribution in [2.24, 2.45) is 0 Å². The summed E-state index contributed by atoms with van der Waals surface area (Å²) in [5.41, 5.74) is 21.3. The largest absolute Gasteiger partial charge is 0.310 e. The van der Waals surface area contributed by atoms with Crippen LogP contribution in [-0.4, -0.2) is 0 Å². The van der Waals surface area contributed by atoms with Crippen LogP contribution in [-0.2, 0) is 21.7 Å². The second kappa shape index (κ2) is 24.3. The van der Waals surface area contributed by atoms with Crippen molar-refractivity contribution < 1.29 is 0 Å². The molecule has 0 aliphatic heterocycles. The molecule has 87 heavy (non-hydrogen) atoms. The predicted molar refractivity (Wildman–Crippen MR) is 376 cm³/mol. The fourth-order valence-electron chi connectivity index (χ4n) is 11.6. The van der Waals surface area contributed by atoms with Crippen molar-refractivity contribution in [2.45, 2.75) is 105 Å². The van der Waals surface area contributed by atoms with Crippen molar-refractivity contribution in [2.75, 3.05) is 19.6 Å². The van der Waals surface area contributed by atoms with Crippen LogP contribution in [0.2, 0.25) is 5.02 Å². The highest BCUT2D eigenvalue weighted by Gasteiger charge is 2.28. The lowest BCUT2D eigenvalue weighted by Crippen LogP contribution is -2.17. The highest BCUT2D eigenvalue weighted by Crippen LogP contribution is 2.50. The molecule has 0 unspecified atom stereocenters. The Bertz CT molecular complexity index is 4030. The summed E-state index contributed by atoms with van der Waals surface area (Å²) in [4.78, 5) is 9.54. The maximum atomic E-state index is 7.77. The van der Waals surface area contributed by atoms with Crippen molar-refractivity contribution in [1.82, 2.24) is 0 Å². The molecule has 0 atom stereocenters. The fraction of sp³-hybridized carbons (Fsp3) is 0.195. The summed E-state index contributed by atoms with van der Waals surface area (Å²) in [6, 6.07) is 99.5. The summed E-state index contributed by atoms with van der Waals surface area (Å²) < 4.78 is 0. The number of para-hydroxylation sites is 2. The Labute approximate surface area is 523 Å². The molecular weight excluding hydrogens is 1080 g/mol. The van der Waals surface area contributed by atoms with Crippen LogP contribution < -0.4 is 19.6 Å². The number of hydrogen-bond acceptors (Lipinski definition) is 4. The summed E-state index contributed by atoms with van der Waals surface area (Å²) in [6.07, 6.45) is 0. The van der Waals surface area contributed by atoms with Crippen LogP contribution in [0.5, 0.6) is 0 Å². The van der Waals surface area contributed by atoms with E-state index in [9.17, 15) is 0 Å². The quantitative estimate of drug-likeness (QED) is 0.108. The van der Waals surface area contributed by atoms with E-state index in [1.807, 2.05) is 0 Å². The molecule has 436 valence electrons. The lowest BCUT2D eigenvalue weighted by molar-refractivity contribution is 0.590. The molecule has 0 bridgehead atoms. The first kappa shape index (κ1) is 59.6. The van der Waals surface area contributed by atoms with E-state index in [0.717, 1.165) is 90.5 Å². The first-order valence-electron chi connectivity index (χ1n) is 30.5. The Morgan fingerprint density at radius 2 is 0.483 bits per heavy atom. The molecule has 0 N–H and O–H groups in total. The Kier molecular flexibility index (Phi) is 16.7. The smallest absolute Gasteiger partial charge is 0.0540 e. The molecule has 0 aliphatic rings. The van der Waals surface area contributed by atoms with Crippen molar-refractivity contribution in [3.63, 3.8) is 0 Å². The highest BCUT2D eigenvalue weighted by molar-refractivity contribution is 6.31. The third kappa shape index (κ3) is 13.2. The van der Waals surface area contributed by atoms with Gasteiger partial charge in [-0.15, -0.1) is 0 Å². The minimum absolute atomic E-state index is 0.00497.